The summed E-state index contributed by atoms with van der Waals surface area (Å²) in [4.78, 5) is 14.2. The lowest BCUT2D eigenvalue weighted by Crippen LogP contribution is -1.90. The highest BCUT2D eigenvalue weighted by Gasteiger charge is 1.89. The van der Waals surface area contributed by atoms with Gasteiger partial charge >= 0.3 is 5.97 Å². The largest absolute Gasteiger partial charge is 0.481 e. The summed E-state index contributed by atoms with van der Waals surface area (Å²) >= 11 is 0. The highest BCUT2D eigenvalue weighted by atomic mass is 16.4. The number of aliphatic carboxylic acids is 1. The Hall–Kier alpha value is -1.82. The van der Waals surface area contributed by atoms with E-state index in [4.69, 9.17) is 5.11 Å². The maximum atomic E-state index is 10.1. The Morgan fingerprint density at radius 3 is 2.92 bits per heavy atom. The number of carboxylic acid groups (broad SMARTS) is 1. The van der Waals surface area contributed by atoms with Gasteiger partial charge in [-0.05, 0) is 19.1 Å². The van der Waals surface area contributed by atoms with E-state index in [0.717, 1.165) is 11.3 Å². The van der Waals surface area contributed by atoms with Crippen LogP contribution in [0.4, 0.5) is 0 Å². The number of aromatic nitrogens is 1. The second-order valence-electron chi connectivity index (χ2n) is 2.56. The van der Waals surface area contributed by atoms with Gasteiger partial charge in [0, 0.05) is 17.5 Å². The molecule has 0 saturated heterocycles. The maximum absolute atomic E-state index is 10.1. The zero-order valence-corrected chi connectivity index (χ0v) is 7.24. The molecule has 1 N–H and O–H groups in total. The summed E-state index contributed by atoms with van der Waals surface area (Å²) in [6.45, 7) is 1.88. The lowest BCUT2D eigenvalue weighted by Gasteiger charge is -1.90. The van der Waals surface area contributed by atoms with Crippen LogP contribution >= 0.6 is 0 Å². The van der Waals surface area contributed by atoms with Crippen molar-refractivity contribution in [1.29, 1.82) is 0 Å². The molecule has 0 aliphatic carbocycles. The molecule has 0 radical (unpaired) electrons. The highest BCUT2D eigenvalue weighted by Crippen LogP contribution is 1.96. The monoisotopic (exact) mass is 175 g/mol. The van der Waals surface area contributed by atoms with E-state index in [1.54, 1.807) is 6.20 Å². The van der Waals surface area contributed by atoms with Crippen molar-refractivity contribution < 1.29 is 9.90 Å². The van der Waals surface area contributed by atoms with E-state index in [-0.39, 0.29) is 6.42 Å². The van der Waals surface area contributed by atoms with Crippen molar-refractivity contribution in [2.24, 2.45) is 0 Å². The quantitative estimate of drug-likeness (QED) is 0.653. The summed E-state index contributed by atoms with van der Waals surface area (Å²) in [6.07, 6.45) is 1.50. The molecule has 13 heavy (non-hydrogen) atoms. The number of pyridine rings is 1. The van der Waals surface area contributed by atoms with Gasteiger partial charge in [-0.2, -0.15) is 0 Å². The summed E-state index contributed by atoms with van der Waals surface area (Å²) in [5.74, 6) is 4.33. The molecule has 3 heteroatoms. The van der Waals surface area contributed by atoms with Crippen molar-refractivity contribution in [2.45, 2.75) is 13.3 Å². The van der Waals surface area contributed by atoms with Crippen molar-refractivity contribution in [3.63, 3.8) is 0 Å². The first-order chi connectivity index (χ1) is 6.18. The lowest BCUT2D eigenvalue weighted by atomic mass is 10.2. The molecule has 1 aromatic heterocycles. The third-order valence-corrected chi connectivity index (χ3v) is 1.38. The predicted molar refractivity (Wildman–Crippen MR) is 48.1 cm³/mol. The van der Waals surface area contributed by atoms with Gasteiger partial charge in [-0.3, -0.25) is 9.78 Å². The van der Waals surface area contributed by atoms with Gasteiger partial charge in [0.05, 0.1) is 0 Å². The van der Waals surface area contributed by atoms with Crippen LogP contribution in [0.25, 0.3) is 0 Å². The minimum absolute atomic E-state index is 0.131. The maximum Gasteiger partial charge on any atom is 0.315 e. The predicted octanol–water partition coefficient (Wildman–Crippen LogP) is 1.22. The van der Waals surface area contributed by atoms with Gasteiger partial charge in [0.2, 0.25) is 0 Å². The smallest absolute Gasteiger partial charge is 0.315 e. The Morgan fingerprint density at radius 2 is 2.38 bits per heavy atom. The average molecular weight is 175 g/mol. The molecule has 0 aliphatic rings. The molecule has 1 aromatic rings. The standard InChI is InChI=1S/C10H9NO2/c1-8-5-6-9(7-11-8)3-2-4-10(12)13/h5-7H,4H2,1H3,(H,12,13). The van der Waals surface area contributed by atoms with Gasteiger partial charge in [-0.15, -0.1) is 0 Å². The second-order valence-corrected chi connectivity index (χ2v) is 2.56. The van der Waals surface area contributed by atoms with E-state index in [9.17, 15) is 4.79 Å². The topological polar surface area (TPSA) is 50.2 Å². The molecule has 0 spiro atoms. The Morgan fingerprint density at radius 1 is 1.62 bits per heavy atom. The van der Waals surface area contributed by atoms with Gasteiger partial charge in [-0.1, -0.05) is 11.8 Å². The van der Waals surface area contributed by atoms with Gasteiger partial charge in [-0.25, -0.2) is 0 Å². The molecule has 0 aliphatic heterocycles. The van der Waals surface area contributed by atoms with Crippen molar-refractivity contribution >= 4 is 5.97 Å². The van der Waals surface area contributed by atoms with E-state index in [1.165, 1.54) is 0 Å². The van der Waals surface area contributed by atoms with Crippen LogP contribution in [0.2, 0.25) is 0 Å². The number of hydrogen-bond acceptors (Lipinski definition) is 2. The third-order valence-electron chi connectivity index (χ3n) is 1.38. The van der Waals surface area contributed by atoms with E-state index >= 15 is 0 Å². The Labute approximate surface area is 76.4 Å². The number of carboxylic acids is 1. The fourth-order valence-corrected chi connectivity index (χ4v) is 0.764. The van der Waals surface area contributed by atoms with Crippen LogP contribution in [0, 0.1) is 18.8 Å². The van der Waals surface area contributed by atoms with Gasteiger partial charge in [0.1, 0.15) is 6.42 Å². The third kappa shape index (κ3) is 3.39. The highest BCUT2D eigenvalue weighted by molar-refractivity contribution is 5.70. The molecule has 3 nitrogen and oxygen atoms in total. The molecule has 0 amide bonds. The van der Waals surface area contributed by atoms with Crippen LogP contribution in [-0.4, -0.2) is 16.1 Å². The summed E-state index contributed by atoms with van der Waals surface area (Å²) in [7, 11) is 0. The first kappa shape index (κ1) is 9.27. The second kappa shape index (κ2) is 4.27. The zero-order valence-electron chi connectivity index (χ0n) is 7.24. The van der Waals surface area contributed by atoms with E-state index in [2.05, 4.69) is 16.8 Å². The van der Waals surface area contributed by atoms with Gasteiger partial charge in [0.15, 0.2) is 0 Å². The van der Waals surface area contributed by atoms with Crippen LogP contribution in [0.1, 0.15) is 17.7 Å². The summed E-state index contributed by atoms with van der Waals surface area (Å²) < 4.78 is 0. The number of rotatable bonds is 1. The first-order valence-electron chi connectivity index (χ1n) is 3.82. The van der Waals surface area contributed by atoms with Crippen LogP contribution in [-0.2, 0) is 4.79 Å². The zero-order chi connectivity index (χ0) is 9.68. The molecule has 0 bridgehead atoms. The fourth-order valence-electron chi connectivity index (χ4n) is 0.764. The van der Waals surface area contributed by atoms with Crippen LogP contribution in [0.5, 0.6) is 0 Å². The minimum Gasteiger partial charge on any atom is -0.481 e. The van der Waals surface area contributed by atoms with Crippen molar-refractivity contribution in [3.8, 4) is 11.8 Å². The molecular formula is C10H9NO2. The molecule has 1 heterocycles. The Balaban J connectivity index is 2.67. The summed E-state index contributed by atoms with van der Waals surface area (Å²) in [5.41, 5.74) is 1.66. The number of carbonyl (C=O) groups is 1. The van der Waals surface area contributed by atoms with Gasteiger partial charge < -0.3 is 5.11 Å². The lowest BCUT2D eigenvalue weighted by molar-refractivity contribution is -0.135. The van der Waals surface area contributed by atoms with E-state index in [1.807, 2.05) is 19.1 Å². The van der Waals surface area contributed by atoms with Crippen molar-refractivity contribution in [1.82, 2.24) is 4.98 Å². The Kier molecular flexibility index (Phi) is 3.04. The molecular weight excluding hydrogens is 166 g/mol. The number of hydrogen-bond donors (Lipinski definition) is 1. The molecule has 0 unspecified atom stereocenters. The van der Waals surface area contributed by atoms with E-state index < -0.39 is 5.97 Å². The summed E-state index contributed by atoms with van der Waals surface area (Å²) in [6, 6.07) is 3.65. The molecule has 0 saturated carbocycles. The average Bonchev–Trinajstić information content (AvgIpc) is 2.08. The first-order valence-corrected chi connectivity index (χ1v) is 3.82. The molecule has 0 fully saturated rings. The number of nitrogens with zero attached hydrogens (tertiary/aromatic N) is 1. The van der Waals surface area contributed by atoms with E-state index in [0.29, 0.717) is 0 Å². The summed E-state index contributed by atoms with van der Waals surface area (Å²) in [5, 5.41) is 8.32. The van der Waals surface area contributed by atoms with Crippen LogP contribution < -0.4 is 0 Å². The van der Waals surface area contributed by atoms with Crippen LogP contribution in [0.15, 0.2) is 18.3 Å². The molecule has 0 aromatic carbocycles. The van der Waals surface area contributed by atoms with Crippen LogP contribution in [0.3, 0.4) is 0 Å². The van der Waals surface area contributed by atoms with Crippen molar-refractivity contribution in [3.05, 3.63) is 29.6 Å². The SMILES string of the molecule is Cc1ccc(C#CCC(=O)O)cn1. The minimum atomic E-state index is -0.910. The molecule has 66 valence electrons. The fraction of sp³-hybridized carbons (Fsp3) is 0.200. The molecule has 1 rings (SSSR count). The normalized spacial score (nSPS) is 8.69. The molecule has 0 atom stereocenters. The number of aryl methyl sites for hydroxylation is 1. The van der Waals surface area contributed by atoms with Crippen molar-refractivity contribution in [2.75, 3.05) is 0 Å². The Bertz CT molecular complexity index is 357. The van der Waals surface area contributed by atoms with Gasteiger partial charge in [0.25, 0.3) is 0 Å².